The van der Waals surface area contributed by atoms with Gasteiger partial charge in [-0.15, -0.1) is 10.2 Å². The van der Waals surface area contributed by atoms with Crippen LogP contribution in [0.4, 0.5) is 4.39 Å². The molecule has 1 aromatic carbocycles. The third-order valence-electron chi connectivity index (χ3n) is 4.00. The van der Waals surface area contributed by atoms with Crippen LogP contribution in [-0.2, 0) is 26.1 Å². The summed E-state index contributed by atoms with van der Waals surface area (Å²) in [4.78, 5) is 4.51. The van der Waals surface area contributed by atoms with Gasteiger partial charge in [-0.05, 0) is 37.5 Å². The number of nitrogens with one attached hydrogen (secondary N) is 2. The lowest BCUT2D eigenvalue weighted by Crippen LogP contribution is -2.37. The zero-order chi connectivity index (χ0) is 16.8. The van der Waals surface area contributed by atoms with Gasteiger partial charge in [0, 0.05) is 19.5 Å². The minimum Gasteiger partial charge on any atom is -0.357 e. The van der Waals surface area contributed by atoms with Gasteiger partial charge in [0.2, 0.25) is 0 Å². The molecule has 0 saturated heterocycles. The third-order valence-corrected chi connectivity index (χ3v) is 4.00. The Hall–Kier alpha value is -2.44. The number of fused-ring (bicyclic) bond motifs is 1. The number of aryl methyl sites for hydroxylation is 1. The summed E-state index contributed by atoms with van der Waals surface area (Å²) >= 11 is 0. The largest absolute Gasteiger partial charge is 0.357 e. The maximum absolute atomic E-state index is 13.2. The molecule has 0 unspecified atom stereocenters. The minimum absolute atomic E-state index is 0.240. The molecule has 0 spiro atoms. The lowest BCUT2D eigenvalue weighted by Gasteiger charge is -2.16. The molecule has 0 radical (unpaired) electrons. The van der Waals surface area contributed by atoms with E-state index in [1.165, 1.54) is 25.0 Å². The molecule has 3 rings (SSSR count). The molecule has 0 atom stereocenters. The normalized spacial score (nSPS) is 14.3. The van der Waals surface area contributed by atoms with Gasteiger partial charge in [0.15, 0.2) is 11.8 Å². The van der Waals surface area contributed by atoms with Crippen LogP contribution in [0.25, 0.3) is 0 Å². The van der Waals surface area contributed by atoms with E-state index >= 15 is 0 Å². The highest BCUT2D eigenvalue weighted by Gasteiger charge is 2.15. The van der Waals surface area contributed by atoms with Crippen LogP contribution >= 0.6 is 0 Å². The van der Waals surface area contributed by atoms with E-state index in [0.29, 0.717) is 19.0 Å². The van der Waals surface area contributed by atoms with Crippen LogP contribution in [-0.4, -0.2) is 27.3 Å². The molecule has 2 N–H and O–H groups in total. The number of hydrogen-bond donors (Lipinski definition) is 2. The lowest BCUT2D eigenvalue weighted by molar-refractivity contribution is 0.504. The van der Waals surface area contributed by atoms with Gasteiger partial charge >= 0.3 is 0 Å². The molecule has 2 heterocycles. The van der Waals surface area contributed by atoms with Crippen molar-refractivity contribution in [3.8, 4) is 0 Å². The summed E-state index contributed by atoms with van der Waals surface area (Å²) in [5.74, 6) is 2.45. The number of aromatic nitrogens is 3. The molecule has 1 aliphatic heterocycles. The Kier molecular flexibility index (Phi) is 5.40. The van der Waals surface area contributed by atoms with Crippen molar-refractivity contribution in [2.45, 2.75) is 45.8 Å². The SMILES string of the molecule is CCNC(=NCc1cccc(F)c1)NCc1nnc2n1CCCC2. The first-order chi connectivity index (χ1) is 11.8. The number of benzene rings is 1. The Bertz CT molecular complexity index is 709. The van der Waals surface area contributed by atoms with Crippen molar-refractivity contribution < 1.29 is 4.39 Å². The Labute approximate surface area is 141 Å². The molecule has 0 saturated carbocycles. The molecule has 24 heavy (non-hydrogen) atoms. The van der Waals surface area contributed by atoms with Crippen molar-refractivity contribution in [2.24, 2.45) is 4.99 Å². The van der Waals surface area contributed by atoms with Gasteiger partial charge in [0.05, 0.1) is 13.1 Å². The highest BCUT2D eigenvalue weighted by Crippen LogP contribution is 2.14. The van der Waals surface area contributed by atoms with Crippen LogP contribution in [0.2, 0.25) is 0 Å². The van der Waals surface area contributed by atoms with Crippen LogP contribution in [0.15, 0.2) is 29.3 Å². The monoisotopic (exact) mass is 330 g/mol. The summed E-state index contributed by atoms with van der Waals surface area (Å²) in [6.45, 7) is 4.74. The molecule has 128 valence electrons. The standard InChI is InChI=1S/C17H23FN6/c1-2-19-17(20-11-13-6-5-7-14(18)10-13)21-12-16-23-22-15-8-3-4-9-24(15)16/h5-7,10H,2-4,8-9,11-12H2,1H3,(H2,19,20,21). The summed E-state index contributed by atoms with van der Waals surface area (Å²) in [6, 6.07) is 6.50. The van der Waals surface area contributed by atoms with E-state index in [2.05, 4.69) is 30.4 Å². The van der Waals surface area contributed by atoms with E-state index in [-0.39, 0.29) is 5.82 Å². The van der Waals surface area contributed by atoms with Crippen molar-refractivity contribution in [1.29, 1.82) is 0 Å². The Balaban J connectivity index is 1.63. The maximum atomic E-state index is 13.2. The molecule has 6 nitrogen and oxygen atoms in total. The third kappa shape index (κ3) is 4.10. The summed E-state index contributed by atoms with van der Waals surface area (Å²) < 4.78 is 15.4. The van der Waals surface area contributed by atoms with Gasteiger partial charge in [-0.2, -0.15) is 0 Å². The van der Waals surface area contributed by atoms with Crippen molar-refractivity contribution in [2.75, 3.05) is 6.54 Å². The Morgan fingerprint density at radius 1 is 1.29 bits per heavy atom. The second-order valence-corrected chi connectivity index (χ2v) is 5.82. The maximum Gasteiger partial charge on any atom is 0.191 e. The average molecular weight is 330 g/mol. The molecule has 7 heteroatoms. The van der Waals surface area contributed by atoms with Gasteiger partial charge in [-0.25, -0.2) is 9.38 Å². The molecule has 1 aromatic heterocycles. The number of nitrogens with zero attached hydrogens (tertiary/aromatic N) is 4. The van der Waals surface area contributed by atoms with Crippen LogP contribution < -0.4 is 10.6 Å². The van der Waals surface area contributed by atoms with E-state index in [1.54, 1.807) is 6.07 Å². The summed E-state index contributed by atoms with van der Waals surface area (Å²) in [6.07, 6.45) is 3.36. The van der Waals surface area contributed by atoms with E-state index < -0.39 is 0 Å². The quantitative estimate of drug-likeness (QED) is 0.650. The molecular weight excluding hydrogens is 307 g/mol. The van der Waals surface area contributed by atoms with Crippen molar-refractivity contribution in [3.05, 3.63) is 47.3 Å². The van der Waals surface area contributed by atoms with Gasteiger partial charge in [0.25, 0.3) is 0 Å². The fraction of sp³-hybridized carbons (Fsp3) is 0.471. The van der Waals surface area contributed by atoms with Crippen molar-refractivity contribution in [1.82, 2.24) is 25.4 Å². The molecule has 0 aliphatic carbocycles. The van der Waals surface area contributed by atoms with Gasteiger partial charge < -0.3 is 15.2 Å². The highest BCUT2D eigenvalue weighted by molar-refractivity contribution is 5.79. The minimum atomic E-state index is -0.240. The van der Waals surface area contributed by atoms with E-state index in [0.717, 1.165) is 36.7 Å². The summed E-state index contributed by atoms with van der Waals surface area (Å²) in [5.41, 5.74) is 0.840. The average Bonchev–Trinajstić information content (AvgIpc) is 3.01. The molecule has 1 aliphatic rings. The smallest absolute Gasteiger partial charge is 0.191 e. The fourth-order valence-electron chi connectivity index (χ4n) is 2.81. The van der Waals surface area contributed by atoms with Crippen LogP contribution in [0.3, 0.4) is 0 Å². The van der Waals surface area contributed by atoms with Gasteiger partial charge in [-0.1, -0.05) is 12.1 Å². The molecule has 2 aromatic rings. The molecule has 0 amide bonds. The first kappa shape index (κ1) is 16.4. The summed E-state index contributed by atoms with van der Waals surface area (Å²) in [7, 11) is 0. The number of hydrogen-bond acceptors (Lipinski definition) is 3. The second kappa shape index (κ2) is 7.90. The summed E-state index contributed by atoms with van der Waals surface area (Å²) in [5, 5.41) is 15.0. The Morgan fingerprint density at radius 3 is 3.04 bits per heavy atom. The Morgan fingerprint density at radius 2 is 2.21 bits per heavy atom. The highest BCUT2D eigenvalue weighted by atomic mass is 19.1. The lowest BCUT2D eigenvalue weighted by atomic mass is 10.2. The number of aliphatic imine (C=N–C) groups is 1. The first-order valence-electron chi connectivity index (χ1n) is 8.44. The van der Waals surface area contributed by atoms with Gasteiger partial charge in [0.1, 0.15) is 11.6 Å². The second-order valence-electron chi connectivity index (χ2n) is 5.82. The van der Waals surface area contributed by atoms with Crippen LogP contribution in [0.5, 0.6) is 0 Å². The molecular formula is C17H23FN6. The fourth-order valence-corrected chi connectivity index (χ4v) is 2.81. The first-order valence-corrected chi connectivity index (χ1v) is 8.44. The van der Waals surface area contributed by atoms with Crippen LogP contribution in [0.1, 0.15) is 37.0 Å². The van der Waals surface area contributed by atoms with Crippen molar-refractivity contribution in [3.63, 3.8) is 0 Å². The van der Waals surface area contributed by atoms with E-state index in [1.807, 2.05) is 13.0 Å². The predicted octanol–water partition coefficient (Wildman–Crippen LogP) is 2.01. The van der Waals surface area contributed by atoms with E-state index in [9.17, 15) is 4.39 Å². The number of halogens is 1. The topological polar surface area (TPSA) is 67.1 Å². The predicted molar refractivity (Wildman–Crippen MR) is 91.0 cm³/mol. The molecule has 0 fully saturated rings. The van der Waals surface area contributed by atoms with Gasteiger partial charge in [-0.3, -0.25) is 0 Å². The van der Waals surface area contributed by atoms with Crippen LogP contribution in [0, 0.1) is 5.82 Å². The zero-order valence-electron chi connectivity index (χ0n) is 13.9. The number of rotatable bonds is 5. The zero-order valence-corrected chi connectivity index (χ0v) is 13.9. The van der Waals surface area contributed by atoms with Crippen molar-refractivity contribution >= 4 is 5.96 Å². The van der Waals surface area contributed by atoms with E-state index in [4.69, 9.17) is 0 Å². The number of guanidine groups is 1. The molecule has 0 bridgehead atoms.